The van der Waals surface area contributed by atoms with Crippen molar-refractivity contribution in [2.75, 3.05) is 13.7 Å². The van der Waals surface area contributed by atoms with Crippen LogP contribution < -0.4 is 4.74 Å². The van der Waals surface area contributed by atoms with Gasteiger partial charge in [-0.2, -0.15) is 0 Å². The van der Waals surface area contributed by atoms with Gasteiger partial charge in [0.05, 0.1) is 19.2 Å². The summed E-state index contributed by atoms with van der Waals surface area (Å²) < 4.78 is 12.5. The highest BCUT2D eigenvalue weighted by Crippen LogP contribution is 2.25. The van der Waals surface area contributed by atoms with Crippen LogP contribution in [-0.4, -0.2) is 29.2 Å². The van der Waals surface area contributed by atoms with Crippen LogP contribution in [0.15, 0.2) is 42.6 Å². The second-order valence-electron chi connectivity index (χ2n) is 5.37. The molecule has 0 bridgehead atoms. The van der Waals surface area contributed by atoms with Crippen LogP contribution in [0.4, 0.5) is 0 Å². The fourth-order valence-corrected chi connectivity index (χ4v) is 2.76. The Morgan fingerprint density at radius 2 is 2.00 bits per heavy atom. The lowest BCUT2D eigenvalue weighted by Gasteiger charge is -2.11. The van der Waals surface area contributed by atoms with Gasteiger partial charge in [-0.25, -0.2) is 9.78 Å². The first-order valence-electron chi connectivity index (χ1n) is 7.51. The minimum absolute atomic E-state index is 0.357. The van der Waals surface area contributed by atoms with Gasteiger partial charge in [-0.1, -0.05) is 29.3 Å². The van der Waals surface area contributed by atoms with Gasteiger partial charge >= 0.3 is 5.97 Å². The van der Waals surface area contributed by atoms with Crippen LogP contribution in [-0.2, 0) is 11.3 Å². The zero-order valence-corrected chi connectivity index (χ0v) is 14.2. The molecule has 0 atom stereocenters. The molecule has 0 saturated carbocycles. The Kier molecular flexibility index (Phi) is 4.71. The van der Waals surface area contributed by atoms with Crippen LogP contribution in [0.1, 0.15) is 16.1 Å². The number of rotatable bonds is 5. The van der Waals surface area contributed by atoms with Gasteiger partial charge in [0.15, 0.2) is 0 Å². The van der Waals surface area contributed by atoms with Crippen molar-refractivity contribution in [3.8, 4) is 5.75 Å². The maximum atomic E-state index is 12.0. The number of hydrogen-bond acceptors (Lipinski definition) is 4. The van der Waals surface area contributed by atoms with Gasteiger partial charge in [-0.05, 0) is 31.2 Å². The molecule has 124 valence electrons. The van der Waals surface area contributed by atoms with Crippen LogP contribution in [0, 0.1) is 6.92 Å². The van der Waals surface area contributed by atoms with Crippen molar-refractivity contribution in [1.82, 2.24) is 9.55 Å². The number of aryl methyl sites for hydroxylation is 1. The molecular weight excluding hydrogens is 328 g/mol. The topological polar surface area (TPSA) is 53.3 Å². The van der Waals surface area contributed by atoms with E-state index in [1.165, 1.54) is 12.7 Å². The maximum Gasteiger partial charge on any atom is 0.354 e. The minimum Gasteiger partial charge on any atom is -0.492 e. The number of ether oxygens (including phenoxy) is 2. The van der Waals surface area contributed by atoms with Gasteiger partial charge in [0.25, 0.3) is 0 Å². The quantitative estimate of drug-likeness (QED) is 0.521. The first kappa shape index (κ1) is 16.3. The summed E-state index contributed by atoms with van der Waals surface area (Å²) in [6.07, 6.45) is 1.61. The Morgan fingerprint density at radius 1 is 1.25 bits per heavy atom. The highest BCUT2D eigenvalue weighted by molar-refractivity contribution is 6.34. The summed E-state index contributed by atoms with van der Waals surface area (Å²) in [4.78, 5) is 16.1. The van der Waals surface area contributed by atoms with E-state index in [4.69, 9.17) is 21.1 Å². The van der Waals surface area contributed by atoms with Gasteiger partial charge < -0.3 is 14.0 Å². The number of methoxy groups -OCH3 is 1. The van der Waals surface area contributed by atoms with E-state index in [0.29, 0.717) is 24.0 Å². The monoisotopic (exact) mass is 344 g/mol. The SMILES string of the molecule is COC(=O)c1cc2c(Cl)nccc2n1CCOc1ccc(C)cc1. The molecular formula is C18H17ClN2O3. The third kappa shape index (κ3) is 3.21. The van der Waals surface area contributed by atoms with Crippen LogP contribution in [0.2, 0.25) is 5.15 Å². The molecule has 0 saturated heterocycles. The predicted octanol–water partition coefficient (Wildman–Crippen LogP) is 3.86. The van der Waals surface area contributed by atoms with E-state index in [0.717, 1.165) is 16.7 Å². The highest BCUT2D eigenvalue weighted by Gasteiger charge is 2.17. The van der Waals surface area contributed by atoms with Gasteiger partial charge in [-0.15, -0.1) is 0 Å². The molecule has 2 aromatic heterocycles. The lowest BCUT2D eigenvalue weighted by molar-refractivity contribution is 0.0588. The third-order valence-corrected chi connectivity index (χ3v) is 4.08. The Balaban J connectivity index is 1.85. The number of carbonyl (C=O) groups is 1. The average Bonchev–Trinajstić information content (AvgIpc) is 2.96. The molecule has 6 heteroatoms. The zero-order chi connectivity index (χ0) is 17.1. The Bertz CT molecular complexity index is 872. The normalized spacial score (nSPS) is 10.8. The molecule has 0 aliphatic rings. The van der Waals surface area contributed by atoms with E-state index in [1.807, 2.05) is 41.8 Å². The van der Waals surface area contributed by atoms with Crippen LogP contribution in [0.3, 0.4) is 0 Å². The van der Waals surface area contributed by atoms with E-state index in [9.17, 15) is 4.79 Å². The van der Waals surface area contributed by atoms with Crippen LogP contribution >= 0.6 is 11.6 Å². The number of nitrogens with zero attached hydrogens (tertiary/aromatic N) is 2. The van der Waals surface area contributed by atoms with Crippen LogP contribution in [0.5, 0.6) is 5.75 Å². The summed E-state index contributed by atoms with van der Waals surface area (Å²) in [5, 5.41) is 1.07. The first-order chi connectivity index (χ1) is 11.6. The molecule has 0 N–H and O–H groups in total. The Labute approximate surface area is 144 Å². The summed E-state index contributed by atoms with van der Waals surface area (Å²) >= 11 is 6.13. The standard InChI is InChI=1S/C18H17ClN2O3/c1-12-3-5-13(6-4-12)24-10-9-21-15-7-8-20-17(19)14(15)11-16(21)18(22)23-2/h3-8,11H,9-10H2,1-2H3. The molecule has 0 aliphatic heterocycles. The number of fused-ring (bicyclic) bond motifs is 1. The third-order valence-electron chi connectivity index (χ3n) is 3.78. The summed E-state index contributed by atoms with van der Waals surface area (Å²) in [7, 11) is 1.35. The number of aromatic nitrogens is 2. The maximum absolute atomic E-state index is 12.0. The first-order valence-corrected chi connectivity index (χ1v) is 7.89. The number of halogens is 1. The van der Waals surface area contributed by atoms with Crippen LogP contribution in [0.25, 0.3) is 10.9 Å². The molecule has 5 nitrogen and oxygen atoms in total. The van der Waals surface area contributed by atoms with Gasteiger partial charge in [0.1, 0.15) is 23.2 Å². The van der Waals surface area contributed by atoms with E-state index in [2.05, 4.69) is 4.98 Å². The smallest absolute Gasteiger partial charge is 0.354 e. The van der Waals surface area contributed by atoms with E-state index >= 15 is 0 Å². The molecule has 0 amide bonds. The molecule has 0 spiro atoms. The Hall–Kier alpha value is -2.53. The molecule has 3 aromatic rings. The summed E-state index contributed by atoms with van der Waals surface area (Å²) in [6.45, 7) is 2.93. The average molecular weight is 345 g/mol. The van der Waals surface area contributed by atoms with Crippen molar-refractivity contribution in [3.05, 3.63) is 59.0 Å². The molecule has 3 rings (SSSR count). The zero-order valence-electron chi connectivity index (χ0n) is 13.5. The summed E-state index contributed by atoms with van der Waals surface area (Å²) in [5.41, 5.74) is 2.42. The molecule has 0 unspecified atom stereocenters. The molecule has 1 aromatic carbocycles. The fraction of sp³-hybridized carbons (Fsp3) is 0.222. The number of carbonyl (C=O) groups excluding carboxylic acids is 1. The van der Waals surface area contributed by atoms with Crippen molar-refractivity contribution in [1.29, 1.82) is 0 Å². The fourth-order valence-electron chi connectivity index (χ4n) is 2.56. The highest BCUT2D eigenvalue weighted by atomic mass is 35.5. The molecule has 0 fully saturated rings. The molecule has 0 aliphatic carbocycles. The van der Waals surface area contributed by atoms with Gasteiger partial charge in [-0.3, -0.25) is 0 Å². The number of benzene rings is 1. The largest absolute Gasteiger partial charge is 0.492 e. The Morgan fingerprint density at radius 3 is 2.71 bits per heavy atom. The number of hydrogen-bond donors (Lipinski definition) is 0. The molecule has 0 radical (unpaired) electrons. The van der Waals surface area contributed by atoms with E-state index in [-0.39, 0.29) is 0 Å². The lowest BCUT2D eigenvalue weighted by Crippen LogP contribution is -2.14. The number of pyridine rings is 1. The predicted molar refractivity (Wildman–Crippen MR) is 92.8 cm³/mol. The van der Waals surface area contributed by atoms with Crippen molar-refractivity contribution >= 4 is 28.5 Å². The van der Waals surface area contributed by atoms with Gasteiger partial charge in [0.2, 0.25) is 0 Å². The summed E-state index contributed by atoms with van der Waals surface area (Å²) in [5.74, 6) is 0.369. The minimum atomic E-state index is -0.419. The molecule has 2 heterocycles. The van der Waals surface area contributed by atoms with Crippen molar-refractivity contribution < 1.29 is 14.3 Å². The lowest BCUT2D eigenvalue weighted by atomic mass is 10.2. The molecule has 24 heavy (non-hydrogen) atoms. The second kappa shape index (κ2) is 6.93. The van der Waals surface area contributed by atoms with Crippen molar-refractivity contribution in [2.24, 2.45) is 0 Å². The van der Waals surface area contributed by atoms with Crippen molar-refractivity contribution in [2.45, 2.75) is 13.5 Å². The van der Waals surface area contributed by atoms with E-state index < -0.39 is 5.97 Å². The van der Waals surface area contributed by atoms with E-state index in [1.54, 1.807) is 12.3 Å². The van der Waals surface area contributed by atoms with Crippen molar-refractivity contribution in [3.63, 3.8) is 0 Å². The summed E-state index contributed by atoms with van der Waals surface area (Å²) in [6, 6.07) is 11.3. The second-order valence-corrected chi connectivity index (χ2v) is 5.73. The number of esters is 1. The van der Waals surface area contributed by atoms with Gasteiger partial charge in [0, 0.05) is 11.6 Å².